The number of amides is 1. The molecular weight excluding hydrogens is 421 g/mol. The monoisotopic (exact) mass is 442 g/mol. The van der Waals surface area contributed by atoms with E-state index in [0.717, 1.165) is 16.3 Å². The summed E-state index contributed by atoms with van der Waals surface area (Å²) in [5, 5.41) is 0. The lowest BCUT2D eigenvalue weighted by Crippen LogP contribution is -2.51. The van der Waals surface area contributed by atoms with Crippen molar-refractivity contribution in [3.8, 4) is 5.75 Å². The molecule has 0 spiro atoms. The van der Waals surface area contributed by atoms with Crippen molar-refractivity contribution in [1.82, 2.24) is 9.21 Å². The van der Waals surface area contributed by atoms with Crippen LogP contribution in [0.2, 0.25) is 0 Å². The summed E-state index contributed by atoms with van der Waals surface area (Å²) in [5.41, 5.74) is 0.967. The molecule has 3 rings (SSSR count). The van der Waals surface area contributed by atoms with E-state index < -0.39 is 32.4 Å². The topological polar surface area (TPSA) is 66.9 Å². The molecule has 0 atom stereocenters. The van der Waals surface area contributed by atoms with E-state index in [1.807, 2.05) is 19.1 Å². The Kier molecular flexibility index (Phi) is 6.67. The van der Waals surface area contributed by atoms with Crippen molar-refractivity contribution >= 4 is 15.9 Å². The van der Waals surface area contributed by atoms with Crippen molar-refractivity contribution in [1.29, 1.82) is 0 Å². The maximum Gasteiger partial charge on any atom is 0.260 e. The Morgan fingerprint density at radius 1 is 1.00 bits per heavy atom. The molecular formula is C20H21F3N2O4S. The number of benzene rings is 2. The number of hydrogen-bond donors (Lipinski definition) is 0. The molecule has 6 nitrogen and oxygen atoms in total. The molecule has 0 aliphatic carbocycles. The third-order valence-corrected chi connectivity index (χ3v) is 6.83. The number of rotatable bonds is 6. The molecule has 0 bridgehead atoms. The second-order valence-corrected chi connectivity index (χ2v) is 8.61. The van der Waals surface area contributed by atoms with E-state index in [-0.39, 0.29) is 38.7 Å². The van der Waals surface area contributed by atoms with Gasteiger partial charge in [0.15, 0.2) is 24.1 Å². The molecule has 2 aromatic rings. The quantitative estimate of drug-likeness (QED) is 0.645. The van der Waals surface area contributed by atoms with E-state index in [0.29, 0.717) is 17.9 Å². The number of carbonyl (C=O) groups excluding carboxylic acids is 1. The van der Waals surface area contributed by atoms with Gasteiger partial charge in [-0.1, -0.05) is 25.1 Å². The molecule has 2 aromatic carbocycles. The van der Waals surface area contributed by atoms with Crippen LogP contribution in [-0.4, -0.2) is 56.3 Å². The van der Waals surface area contributed by atoms with Gasteiger partial charge in [0.1, 0.15) is 10.6 Å². The fourth-order valence-corrected chi connectivity index (χ4v) is 4.67. The van der Waals surface area contributed by atoms with E-state index >= 15 is 0 Å². The van der Waals surface area contributed by atoms with Crippen LogP contribution in [0.1, 0.15) is 12.5 Å². The Morgan fingerprint density at radius 3 is 2.33 bits per heavy atom. The highest BCUT2D eigenvalue weighted by molar-refractivity contribution is 7.89. The molecule has 1 heterocycles. The molecule has 10 heteroatoms. The summed E-state index contributed by atoms with van der Waals surface area (Å²) in [6.07, 6.45) is 0.751. The minimum absolute atomic E-state index is 0.0716. The molecule has 0 saturated carbocycles. The summed E-state index contributed by atoms with van der Waals surface area (Å²) >= 11 is 0. The number of halogens is 3. The SMILES string of the molecule is CCc1ccccc1OCC(=O)N1CCN(S(=O)(=O)c2ccc(F)c(F)c2F)CC1. The van der Waals surface area contributed by atoms with Crippen LogP contribution in [0.5, 0.6) is 5.75 Å². The molecule has 1 fully saturated rings. The van der Waals surface area contributed by atoms with Gasteiger partial charge in [0, 0.05) is 26.2 Å². The average molecular weight is 442 g/mol. The van der Waals surface area contributed by atoms with Crippen LogP contribution in [0.3, 0.4) is 0 Å². The molecule has 0 aromatic heterocycles. The number of para-hydroxylation sites is 1. The fraction of sp³-hybridized carbons (Fsp3) is 0.350. The number of piperazine rings is 1. The summed E-state index contributed by atoms with van der Waals surface area (Å²) in [7, 11) is -4.36. The second kappa shape index (κ2) is 9.05. The molecule has 0 N–H and O–H groups in total. The molecule has 1 saturated heterocycles. The first kappa shape index (κ1) is 22.1. The van der Waals surface area contributed by atoms with Gasteiger partial charge >= 0.3 is 0 Å². The Balaban J connectivity index is 1.61. The van der Waals surface area contributed by atoms with Crippen molar-refractivity contribution in [2.75, 3.05) is 32.8 Å². The predicted octanol–water partition coefficient (Wildman–Crippen LogP) is 2.58. The maximum absolute atomic E-state index is 13.9. The minimum atomic E-state index is -4.36. The summed E-state index contributed by atoms with van der Waals surface area (Å²) < 4.78 is 72.2. The van der Waals surface area contributed by atoms with Crippen LogP contribution in [0.25, 0.3) is 0 Å². The standard InChI is InChI=1S/C20H21F3N2O4S/c1-2-14-5-3-4-6-16(14)29-13-18(26)24-9-11-25(12-10-24)30(27,28)17-8-7-15(21)19(22)20(17)23/h3-8H,2,9-13H2,1H3. The summed E-state index contributed by atoms with van der Waals surface area (Å²) in [6, 6.07) is 8.62. The van der Waals surface area contributed by atoms with E-state index in [9.17, 15) is 26.4 Å². The van der Waals surface area contributed by atoms with Gasteiger partial charge in [0.2, 0.25) is 10.0 Å². The van der Waals surface area contributed by atoms with Gasteiger partial charge in [-0.2, -0.15) is 4.31 Å². The van der Waals surface area contributed by atoms with Gasteiger partial charge < -0.3 is 9.64 Å². The van der Waals surface area contributed by atoms with Crippen LogP contribution < -0.4 is 4.74 Å². The van der Waals surface area contributed by atoms with Gasteiger partial charge in [-0.15, -0.1) is 0 Å². The highest BCUT2D eigenvalue weighted by Gasteiger charge is 2.33. The number of carbonyl (C=O) groups is 1. The first-order valence-electron chi connectivity index (χ1n) is 9.37. The number of ether oxygens (including phenoxy) is 1. The Labute approximate surface area is 172 Å². The van der Waals surface area contributed by atoms with Crippen molar-refractivity contribution in [2.45, 2.75) is 18.2 Å². The van der Waals surface area contributed by atoms with Gasteiger partial charge in [-0.3, -0.25) is 4.79 Å². The highest BCUT2D eigenvalue weighted by atomic mass is 32.2. The van der Waals surface area contributed by atoms with Gasteiger partial charge in [0.25, 0.3) is 5.91 Å². The Bertz CT molecular complexity index is 1040. The largest absolute Gasteiger partial charge is 0.483 e. The van der Waals surface area contributed by atoms with Crippen molar-refractivity contribution in [2.24, 2.45) is 0 Å². The molecule has 162 valence electrons. The zero-order valence-electron chi connectivity index (χ0n) is 16.3. The first-order valence-corrected chi connectivity index (χ1v) is 10.8. The summed E-state index contributed by atoms with van der Waals surface area (Å²) in [6.45, 7) is 1.72. The lowest BCUT2D eigenvalue weighted by atomic mass is 10.1. The lowest BCUT2D eigenvalue weighted by molar-refractivity contribution is -0.134. The van der Waals surface area contributed by atoms with E-state index in [1.165, 1.54) is 4.90 Å². The average Bonchev–Trinajstić information content (AvgIpc) is 2.76. The Morgan fingerprint density at radius 2 is 1.67 bits per heavy atom. The molecule has 0 unspecified atom stereocenters. The second-order valence-electron chi connectivity index (χ2n) is 6.71. The van der Waals surface area contributed by atoms with Crippen LogP contribution >= 0.6 is 0 Å². The van der Waals surface area contributed by atoms with Gasteiger partial charge in [-0.25, -0.2) is 21.6 Å². The molecule has 0 radical (unpaired) electrons. The van der Waals surface area contributed by atoms with Crippen LogP contribution in [0.15, 0.2) is 41.3 Å². The van der Waals surface area contributed by atoms with Crippen LogP contribution in [0.4, 0.5) is 13.2 Å². The molecule has 30 heavy (non-hydrogen) atoms. The first-order chi connectivity index (χ1) is 14.3. The summed E-state index contributed by atoms with van der Waals surface area (Å²) in [5.74, 6) is -4.75. The number of sulfonamides is 1. The normalized spacial score (nSPS) is 15.3. The van der Waals surface area contributed by atoms with Crippen molar-refractivity contribution in [3.63, 3.8) is 0 Å². The van der Waals surface area contributed by atoms with Crippen LogP contribution in [0, 0.1) is 17.5 Å². The zero-order valence-corrected chi connectivity index (χ0v) is 17.1. The number of aryl methyl sites for hydroxylation is 1. The number of nitrogens with zero attached hydrogens (tertiary/aromatic N) is 2. The lowest BCUT2D eigenvalue weighted by Gasteiger charge is -2.34. The fourth-order valence-electron chi connectivity index (χ4n) is 3.19. The van der Waals surface area contributed by atoms with Gasteiger partial charge in [0.05, 0.1) is 0 Å². The third kappa shape index (κ3) is 4.44. The van der Waals surface area contributed by atoms with Crippen molar-refractivity contribution < 1.29 is 31.1 Å². The highest BCUT2D eigenvalue weighted by Crippen LogP contribution is 2.24. The molecule has 1 aliphatic rings. The Hall–Kier alpha value is -2.59. The zero-order chi connectivity index (χ0) is 21.9. The van der Waals surface area contributed by atoms with E-state index in [2.05, 4.69) is 0 Å². The van der Waals surface area contributed by atoms with Gasteiger partial charge in [-0.05, 0) is 30.2 Å². The van der Waals surface area contributed by atoms with E-state index in [4.69, 9.17) is 4.74 Å². The van der Waals surface area contributed by atoms with E-state index in [1.54, 1.807) is 12.1 Å². The summed E-state index contributed by atoms with van der Waals surface area (Å²) in [4.78, 5) is 12.9. The molecule has 1 amide bonds. The number of hydrogen-bond acceptors (Lipinski definition) is 4. The maximum atomic E-state index is 13.9. The third-order valence-electron chi connectivity index (χ3n) is 4.91. The van der Waals surface area contributed by atoms with Crippen molar-refractivity contribution in [3.05, 3.63) is 59.4 Å². The molecule has 1 aliphatic heterocycles. The predicted molar refractivity (Wildman–Crippen MR) is 103 cm³/mol. The smallest absolute Gasteiger partial charge is 0.260 e. The minimum Gasteiger partial charge on any atom is -0.483 e. The van der Waals surface area contributed by atoms with Crippen LogP contribution in [-0.2, 0) is 21.2 Å².